The molecule has 0 unspecified atom stereocenters. The van der Waals surface area contributed by atoms with E-state index >= 15 is 0 Å². The lowest BCUT2D eigenvalue weighted by molar-refractivity contribution is -0.117. The Morgan fingerprint density at radius 2 is 1.85 bits per heavy atom. The van der Waals surface area contributed by atoms with Gasteiger partial charge in [0.1, 0.15) is 5.65 Å². The zero-order valence-corrected chi connectivity index (χ0v) is 20.9. The highest BCUT2D eigenvalue weighted by atomic mass is 35.5. The second kappa shape index (κ2) is 9.31. The van der Waals surface area contributed by atoms with Gasteiger partial charge in [0.2, 0.25) is 10.0 Å². The van der Waals surface area contributed by atoms with E-state index in [1.54, 1.807) is 12.1 Å². The topological polar surface area (TPSA) is 83.8 Å². The third-order valence-electron chi connectivity index (χ3n) is 5.77. The average Bonchev–Trinajstić information content (AvgIpc) is 3.11. The molecule has 0 bridgehead atoms. The first-order valence-corrected chi connectivity index (χ1v) is 12.9. The number of nitrogens with one attached hydrogen (secondary N) is 1. The molecule has 1 amide bonds. The highest BCUT2D eigenvalue weighted by Crippen LogP contribution is 2.36. The van der Waals surface area contributed by atoms with Gasteiger partial charge in [0.15, 0.2) is 0 Å². The Labute approximate surface area is 207 Å². The first-order chi connectivity index (χ1) is 15.3. The molecule has 1 fully saturated rings. The van der Waals surface area contributed by atoms with Crippen LogP contribution in [-0.2, 0) is 14.8 Å². The number of carbonyl (C=O) groups excluding carboxylic acids is 1. The quantitative estimate of drug-likeness (QED) is 0.554. The van der Waals surface area contributed by atoms with E-state index in [-0.39, 0.29) is 29.3 Å². The number of amides is 1. The van der Waals surface area contributed by atoms with E-state index in [1.165, 1.54) is 28.2 Å². The van der Waals surface area contributed by atoms with Crippen molar-refractivity contribution in [1.29, 1.82) is 0 Å². The highest BCUT2D eigenvalue weighted by Gasteiger charge is 2.31. The molecule has 0 aliphatic carbocycles. The highest BCUT2D eigenvalue weighted by molar-refractivity contribution is 8.04. The third-order valence-corrected chi connectivity index (χ3v) is 8.99. The third kappa shape index (κ3) is 4.52. The van der Waals surface area contributed by atoms with Crippen LogP contribution in [0.25, 0.3) is 11.7 Å². The van der Waals surface area contributed by atoms with Crippen molar-refractivity contribution in [1.82, 2.24) is 19.0 Å². The second-order valence-electron chi connectivity index (χ2n) is 7.86. The number of piperidine rings is 1. The van der Waals surface area contributed by atoms with Crippen LogP contribution in [0.15, 0.2) is 57.3 Å². The van der Waals surface area contributed by atoms with Gasteiger partial charge in [-0.3, -0.25) is 9.20 Å². The first kappa shape index (κ1) is 24.1. The van der Waals surface area contributed by atoms with Gasteiger partial charge in [-0.1, -0.05) is 29.4 Å². The maximum Gasteiger partial charge on any atom is 0.258 e. The van der Waals surface area contributed by atoms with Crippen molar-refractivity contribution in [3.63, 3.8) is 0 Å². The summed E-state index contributed by atoms with van der Waals surface area (Å²) in [6, 6.07) is 12.0. The molecule has 2 aromatic heterocycles. The van der Waals surface area contributed by atoms with Gasteiger partial charge in [0, 0.05) is 24.2 Å². The molecule has 3 aromatic rings. The number of halogens is 2. The van der Waals surface area contributed by atoms with Crippen LogP contribution in [-0.4, -0.2) is 47.1 Å². The second-order valence-corrected chi connectivity index (χ2v) is 11.3. The molecule has 0 atom stereocenters. The van der Waals surface area contributed by atoms with E-state index in [1.807, 2.05) is 31.2 Å². The Morgan fingerprint density at radius 1 is 1.15 bits per heavy atom. The van der Waals surface area contributed by atoms with Crippen molar-refractivity contribution < 1.29 is 13.2 Å². The number of carbonyl (C=O) groups is 1. The predicted molar refractivity (Wildman–Crippen MR) is 132 cm³/mol. The lowest BCUT2D eigenvalue weighted by atomic mass is 10.1. The molecule has 2 aliphatic heterocycles. The fraction of sp³-hybridized carbons (Fsp3) is 0.273. The Balaban J connectivity index is 0.00000259. The van der Waals surface area contributed by atoms with Gasteiger partial charge in [-0.05, 0) is 62.2 Å². The number of nitrogens with zero attached hydrogens (tertiary/aromatic N) is 3. The van der Waals surface area contributed by atoms with Crippen LogP contribution in [0.1, 0.15) is 24.2 Å². The van der Waals surface area contributed by atoms with Gasteiger partial charge in [-0.2, -0.15) is 4.31 Å². The van der Waals surface area contributed by atoms with Gasteiger partial charge in [-0.15, -0.1) is 12.4 Å². The van der Waals surface area contributed by atoms with E-state index in [0.717, 1.165) is 22.1 Å². The molecule has 33 heavy (non-hydrogen) atoms. The maximum absolute atomic E-state index is 13.0. The Kier molecular flexibility index (Phi) is 6.80. The summed E-state index contributed by atoms with van der Waals surface area (Å²) < 4.78 is 29.2. The van der Waals surface area contributed by atoms with Crippen molar-refractivity contribution >= 4 is 63.4 Å². The van der Waals surface area contributed by atoms with Crippen molar-refractivity contribution in [2.75, 3.05) is 13.1 Å². The Bertz CT molecular complexity index is 1350. The number of hydrogen-bond donors (Lipinski definition) is 1. The predicted octanol–water partition coefficient (Wildman–Crippen LogP) is 4.13. The smallest absolute Gasteiger partial charge is 0.258 e. The number of pyridine rings is 1. The zero-order valence-electron chi connectivity index (χ0n) is 17.7. The molecule has 0 saturated carbocycles. The molecule has 5 rings (SSSR count). The summed E-state index contributed by atoms with van der Waals surface area (Å²) in [5.41, 5.74) is 2.67. The number of rotatable bonds is 4. The monoisotopic (exact) mass is 524 g/mol. The van der Waals surface area contributed by atoms with Crippen LogP contribution < -0.4 is 5.32 Å². The summed E-state index contributed by atoms with van der Waals surface area (Å²) in [5, 5.41) is 4.53. The SMILES string of the molecule is Cc1nc2cccc3n2c1C=C(C(=O)NC1CCN(S(=O)(=O)c2ccc(Cl)cc2)CC1)S3.Cl. The molecule has 1 saturated heterocycles. The number of thioether (sulfide) groups is 1. The van der Waals surface area contributed by atoms with Gasteiger partial charge < -0.3 is 5.32 Å². The summed E-state index contributed by atoms with van der Waals surface area (Å²) in [5.74, 6) is -0.141. The van der Waals surface area contributed by atoms with Crippen molar-refractivity contribution in [2.45, 2.75) is 35.7 Å². The minimum absolute atomic E-state index is 0. The number of benzene rings is 1. The fourth-order valence-electron chi connectivity index (χ4n) is 4.08. The van der Waals surface area contributed by atoms with Gasteiger partial charge in [0.25, 0.3) is 5.91 Å². The molecule has 1 aromatic carbocycles. The summed E-state index contributed by atoms with van der Waals surface area (Å²) >= 11 is 7.29. The van der Waals surface area contributed by atoms with Crippen LogP contribution in [0, 0.1) is 6.92 Å². The standard InChI is InChI=1S/C22H21ClN4O3S2.ClH/c1-14-18-13-19(31-21-4-2-3-20(24-14)27(18)21)22(28)25-16-9-11-26(12-10-16)32(29,30)17-7-5-15(23)6-8-17;/h2-8,13,16H,9-12H2,1H3,(H,25,28);1H. The number of sulfonamides is 1. The van der Waals surface area contributed by atoms with E-state index in [0.29, 0.717) is 35.9 Å². The number of aryl methyl sites for hydroxylation is 1. The zero-order chi connectivity index (χ0) is 22.5. The molecule has 11 heteroatoms. The average molecular weight is 525 g/mol. The normalized spacial score (nSPS) is 16.8. The molecule has 0 radical (unpaired) electrons. The van der Waals surface area contributed by atoms with Gasteiger partial charge in [-0.25, -0.2) is 13.4 Å². The molecule has 174 valence electrons. The Hall–Kier alpha value is -2.04. The number of aromatic nitrogens is 2. The minimum Gasteiger partial charge on any atom is -0.349 e. The van der Waals surface area contributed by atoms with Crippen LogP contribution in [0.5, 0.6) is 0 Å². The Morgan fingerprint density at radius 3 is 2.55 bits per heavy atom. The van der Waals surface area contributed by atoms with E-state index in [4.69, 9.17) is 11.6 Å². The maximum atomic E-state index is 13.0. The summed E-state index contributed by atoms with van der Waals surface area (Å²) in [6.45, 7) is 2.64. The molecular formula is C22H22Cl2N4O3S2. The molecule has 4 heterocycles. The lowest BCUT2D eigenvalue weighted by Gasteiger charge is -2.32. The van der Waals surface area contributed by atoms with Gasteiger partial charge >= 0.3 is 0 Å². The lowest BCUT2D eigenvalue weighted by Crippen LogP contribution is -2.46. The van der Waals surface area contributed by atoms with Crippen molar-refractivity contribution in [3.8, 4) is 0 Å². The largest absolute Gasteiger partial charge is 0.349 e. The molecule has 2 aliphatic rings. The molecule has 0 spiro atoms. The molecule has 1 N–H and O–H groups in total. The molecular weight excluding hydrogens is 503 g/mol. The first-order valence-electron chi connectivity index (χ1n) is 10.3. The number of imidazole rings is 1. The van der Waals surface area contributed by atoms with Crippen LogP contribution in [0.2, 0.25) is 5.02 Å². The van der Waals surface area contributed by atoms with E-state index in [9.17, 15) is 13.2 Å². The van der Waals surface area contributed by atoms with Crippen LogP contribution >= 0.6 is 35.8 Å². The van der Waals surface area contributed by atoms with E-state index in [2.05, 4.69) is 14.7 Å². The summed E-state index contributed by atoms with van der Waals surface area (Å²) in [6.07, 6.45) is 2.99. The summed E-state index contributed by atoms with van der Waals surface area (Å²) in [7, 11) is -3.57. The molecule has 7 nitrogen and oxygen atoms in total. The van der Waals surface area contributed by atoms with Crippen LogP contribution in [0.3, 0.4) is 0 Å². The van der Waals surface area contributed by atoms with Crippen LogP contribution in [0.4, 0.5) is 0 Å². The van der Waals surface area contributed by atoms with Crippen molar-refractivity contribution in [2.24, 2.45) is 0 Å². The summed E-state index contributed by atoms with van der Waals surface area (Å²) in [4.78, 5) is 18.4. The number of hydrogen-bond acceptors (Lipinski definition) is 5. The fourth-order valence-corrected chi connectivity index (χ4v) is 6.65. The van der Waals surface area contributed by atoms with Crippen molar-refractivity contribution in [3.05, 3.63) is 63.8 Å². The van der Waals surface area contributed by atoms with Gasteiger partial charge in [0.05, 0.1) is 26.2 Å². The minimum atomic E-state index is -3.57. The van der Waals surface area contributed by atoms with E-state index < -0.39 is 10.0 Å².